The van der Waals surface area contributed by atoms with Crippen LogP contribution in [0.4, 0.5) is 0 Å². The summed E-state index contributed by atoms with van der Waals surface area (Å²) in [6.07, 6.45) is 0. The Balaban J connectivity index is 3.81. The Morgan fingerprint density at radius 3 is 2.18 bits per heavy atom. The summed E-state index contributed by atoms with van der Waals surface area (Å²) < 4.78 is 9.88. The van der Waals surface area contributed by atoms with Crippen molar-refractivity contribution < 1.29 is 13.6 Å². The van der Waals surface area contributed by atoms with Gasteiger partial charge in [0.1, 0.15) is 0 Å². The molecule has 0 bridgehead atoms. The lowest BCUT2D eigenvalue weighted by atomic mass is 10.2. The molecule has 0 aromatic heterocycles. The van der Waals surface area contributed by atoms with Crippen molar-refractivity contribution in [3.8, 4) is 0 Å². The van der Waals surface area contributed by atoms with E-state index in [0.29, 0.717) is 11.6 Å². The van der Waals surface area contributed by atoms with Crippen molar-refractivity contribution >= 4 is 15.1 Å². The number of hydrogen-bond donors (Lipinski definition) is 0. The Labute approximate surface area is 68.9 Å². The van der Waals surface area contributed by atoms with Gasteiger partial charge in [0.25, 0.3) is 0 Å². The van der Waals surface area contributed by atoms with Gasteiger partial charge in [-0.1, -0.05) is 6.58 Å². The van der Waals surface area contributed by atoms with E-state index < -0.39 is 9.28 Å². The molecule has 1 radical (unpaired) electrons. The van der Waals surface area contributed by atoms with E-state index in [1.54, 1.807) is 21.1 Å². The maximum Gasteiger partial charge on any atom is 0.392 e. The van der Waals surface area contributed by atoms with Gasteiger partial charge in [0.2, 0.25) is 0 Å². The van der Waals surface area contributed by atoms with Crippen LogP contribution in [0.5, 0.6) is 0 Å². The predicted molar refractivity (Wildman–Crippen MR) is 44.4 cm³/mol. The van der Waals surface area contributed by atoms with Crippen LogP contribution in [0, 0.1) is 0 Å². The fourth-order valence-corrected chi connectivity index (χ4v) is 1.53. The Hall–Kier alpha value is -0.453. The van der Waals surface area contributed by atoms with E-state index in [4.69, 9.17) is 8.85 Å². The number of carbonyl (C=O) groups excluding carboxylic acids is 1. The van der Waals surface area contributed by atoms with E-state index in [1.165, 1.54) is 0 Å². The average Bonchev–Trinajstić information content (AvgIpc) is 1.99. The van der Waals surface area contributed by atoms with E-state index in [0.717, 1.165) is 0 Å². The Morgan fingerprint density at radius 1 is 1.45 bits per heavy atom. The molecule has 0 atom stereocenters. The molecule has 0 fully saturated rings. The minimum atomic E-state index is -1.38. The first-order valence-corrected chi connectivity index (χ1v) is 4.76. The summed E-state index contributed by atoms with van der Waals surface area (Å²) in [5.41, 5.74) is 0.557. The number of allylic oxidation sites excluding steroid dienone is 1. The minimum Gasteiger partial charge on any atom is -0.396 e. The fourth-order valence-electron chi connectivity index (χ4n) is 0.510. The zero-order valence-corrected chi connectivity index (χ0v) is 8.14. The second kappa shape index (κ2) is 5.23. The lowest BCUT2D eigenvalue weighted by Crippen LogP contribution is -2.22. The van der Waals surface area contributed by atoms with Crippen molar-refractivity contribution in [2.75, 3.05) is 14.2 Å². The number of carbonyl (C=O) groups is 1. The van der Waals surface area contributed by atoms with Gasteiger partial charge in [-0.25, -0.2) is 0 Å². The van der Waals surface area contributed by atoms with Crippen LogP contribution in [0.15, 0.2) is 12.2 Å². The largest absolute Gasteiger partial charge is 0.396 e. The SMILES string of the molecule is C=C(C)C(=O)C[Si](OC)OC. The van der Waals surface area contributed by atoms with Crippen LogP contribution in [0.3, 0.4) is 0 Å². The smallest absolute Gasteiger partial charge is 0.392 e. The molecule has 0 aliphatic rings. The minimum absolute atomic E-state index is 0.0163. The summed E-state index contributed by atoms with van der Waals surface area (Å²) in [4.78, 5) is 11.0. The normalized spacial score (nSPS) is 10.2. The van der Waals surface area contributed by atoms with Crippen LogP contribution < -0.4 is 0 Å². The maximum absolute atomic E-state index is 11.0. The van der Waals surface area contributed by atoms with E-state index in [1.807, 2.05) is 0 Å². The van der Waals surface area contributed by atoms with Crippen molar-refractivity contribution in [2.24, 2.45) is 0 Å². The van der Waals surface area contributed by atoms with Gasteiger partial charge in [0.05, 0.1) is 6.04 Å². The van der Waals surface area contributed by atoms with Gasteiger partial charge in [0.15, 0.2) is 5.78 Å². The van der Waals surface area contributed by atoms with E-state index in [9.17, 15) is 4.79 Å². The van der Waals surface area contributed by atoms with E-state index in [2.05, 4.69) is 6.58 Å². The molecule has 3 nitrogen and oxygen atoms in total. The van der Waals surface area contributed by atoms with Crippen molar-refractivity contribution in [1.82, 2.24) is 0 Å². The maximum atomic E-state index is 11.0. The summed E-state index contributed by atoms with van der Waals surface area (Å²) in [6, 6.07) is 0.340. The molecule has 0 aromatic carbocycles. The van der Waals surface area contributed by atoms with Gasteiger partial charge in [-0.15, -0.1) is 0 Å². The van der Waals surface area contributed by atoms with Crippen molar-refractivity contribution in [1.29, 1.82) is 0 Å². The number of hydrogen-bond acceptors (Lipinski definition) is 3. The third-order valence-electron chi connectivity index (χ3n) is 1.24. The molecule has 4 heteroatoms. The highest BCUT2D eigenvalue weighted by atomic mass is 28.3. The van der Waals surface area contributed by atoms with Gasteiger partial charge in [0, 0.05) is 14.2 Å². The highest BCUT2D eigenvalue weighted by Gasteiger charge is 2.17. The van der Waals surface area contributed by atoms with Gasteiger partial charge in [-0.2, -0.15) is 0 Å². The Bertz CT molecular complexity index is 152. The average molecular weight is 173 g/mol. The molecule has 0 unspecified atom stereocenters. The summed E-state index contributed by atoms with van der Waals surface area (Å²) in [5.74, 6) is 0.0163. The van der Waals surface area contributed by atoms with Crippen LogP contribution in [0.1, 0.15) is 6.92 Å². The highest BCUT2D eigenvalue weighted by molar-refractivity contribution is 6.50. The molecule has 0 N–H and O–H groups in total. The molecule has 0 saturated heterocycles. The summed E-state index contributed by atoms with van der Waals surface area (Å²) in [5, 5.41) is 0. The van der Waals surface area contributed by atoms with Gasteiger partial charge < -0.3 is 8.85 Å². The van der Waals surface area contributed by atoms with Crippen LogP contribution in [-0.2, 0) is 13.6 Å². The van der Waals surface area contributed by atoms with Crippen LogP contribution >= 0.6 is 0 Å². The van der Waals surface area contributed by atoms with Crippen LogP contribution in [0.25, 0.3) is 0 Å². The lowest BCUT2D eigenvalue weighted by molar-refractivity contribution is -0.113. The summed E-state index contributed by atoms with van der Waals surface area (Å²) in [7, 11) is 1.71. The summed E-state index contributed by atoms with van der Waals surface area (Å²) >= 11 is 0. The van der Waals surface area contributed by atoms with Crippen LogP contribution in [0.2, 0.25) is 6.04 Å². The first kappa shape index (κ1) is 10.5. The van der Waals surface area contributed by atoms with Crippen molar-refractivity contribution in [3.05, 3.63) is 12.2 Å². The topological polar surface area (TPSA) is 35.5 Å². The molecular formula is C7H13O3Si. The molecule has 0 rings (SSSR count). The van der Waals surface area contributed by atoms with Crippen LogP contribution in [-0.4, -0.2) is 29.3 Å². The highest BCUT2D eigenvalue weighted by Crippen LogP contribution is 2.01. The standard InChI is InChI=1S/C7H13O3Si/c1-6(2)7(8)5-11(9-3)10-4/h1,5H2,2-4H3. The quantitative estimate of drug-likeness (QED) is 0.458. The van der Waals surface area contributed by atoms with Crippen molar-refractivity contribution in [2.45, 2.75) is 13.0 Å². The molecule has 63 valence electrons. The number of Topliss-reactive ketones (excluding diaryl/α,β-unsaturated/α-hetero) is 1. The fraction of sp³-hybridized carbons (Fsp3) is 0.571. The van der Waals surface area contributed by atoms with Gasteiger partial charge in [-0.3, -0.25) is 4.79 Å². The van der Waals surface area contributed by atoms with Gasteiger partial charge >= 0.3 is 9.28 Å². The molecule has 11 heavy (non-hydrogen) atoms. The zero-order chi connectivity index (χ0) is 8.85. The molecule has 0 saturated carbocycles. The van der Waals surface area contributed by atoms with Crippen molar-refractivity contribution in [3.63, 3.8) is 0 Å². The third kappa shape index (κ3) is 4.08. The monoisotopic (exact) mass is 173 g/mol. The van der Waals surface area contributed by atoms with E-state index >= 15 is 0 Å². The molecule has 0 heterocycles. The molecule has 0 aliphatic heterocycles. The number of rotatable bonds is 5. The third-order valence-corrected chi connectivity index (χ3v) is 2.76. The Morgan fingerprint density at radius 2 is 1.91 bits per heavy atom. The summed E-state index contributed by atoms with van der Waals surface area (Å²) in [6.45, 7) is 5.22. The second-order valence-corrected chi connectivity index (χ2v) is 4.07. The Kier molecular flexibility index (Phi) is 5.02. The lowest BCUT2D eigenvalue weighted by Gasteiger charge is -2.07. The second-order valence-electron chi connectivity index (χ2n) is 2.16. The first-order valence-electron chi connectivity index (χ1n) is 3.24. The molecule has 0 spiro atoms. The first-order chi connectivity index (χ1) is 5.11. The van der Waals surface area contributed by atoms with E-state index in [-0.39, 0.29) is 5.78 Å². The van der Waals surface area contributed by atoms with Gasteiger partial charge in [-0.05, 0) is 12.5 Å². The number of ketones is 1. The molecule has 0 amide bonds. The predicted octanol–water partition coefficient (Wildman–Crippen LogP) is 0.913. The molecular weight excluding hydrogens is 160 g/mol. The molecule has 0 aliphatic carbocycles. The zero-order valence-electron chi connectivity index (χ0n) is 7.14. The molecule has 0 aromatic rings.